The van der Waals surface area contributed by atoms with Crippen molar-refractivity contribution in [2.45, 2.75) is 4.90 Å². The van der Waals surface area contributed by atoms with Gasteiger partial charge in [0.2, 0.25) is 10.0 Å². The number of rotatable bonds is 6. The normalized spacial score (nSPS) is 15.3. The lowest BCUT2D eigenvalue weighted by Crippen LogP contribution is -2.46. The molecule has 3 rings (SSSR count). The number of hydrogen-bond acceptors (Lipinski definition) is 8. The molecular weight excluding hydrogens is 376 g/mol. The molecule has 2 aromatic carbocycles. The van der Waals surface area contributed by atoms with Crippen molar-refractivity contribution in [3.05, 3.63) is 57.5 Å². The van der Waals surface area contributed by atoms with Crippen molar-refractivity contribution in [1.29, 1.82) is 0 Å². The van der Waals surface area contributed by atoms with Gasteiger partial charge in [0.25, 0.3) is 5.69 Å². The predicted octanol–water partition coefficient (Wildman–Crippen LogP) is 2.38. The summed E-state index contributed by atoms with van der Waals surface area (Å²) in [6, 6.07) is 9.15. The zero-order chi connectivity index (χ0) is 19.4. The fourth-order valence-electron chi connectivity index (χ4n) is 2.65. The van der Waals surface area contributed by atoms with Gasteiger partial charge in [0.15, 0.2) is 0 Å². The number of nitro benzene ring substituents is 1. The van der Waals surface area contributed by atoms with Crippen molar-refractivity contribution in [3.8, 4) is 11.5 Å². The van der Waals surface area contributed by atoms with Gasteiger partial charge in [0.05, 0.1) is 11.0 Å². The highest BCUT2D eigenvalue weighted by atomic mass is 32.2. The lowest BCUT2D eigenvalue weighted by molar-refractivity contribution is -0.384. The molecule has 1 saturated heterocycles. The summed E-state index contributed by atoms with van der Waals surface area (Å²) in [5, 5.41) is 16.8. The number of benzene rings is 2. The molecule has 1 N–H and O–H groups in total. The van der Waals surface area contributed by atoms with Crippen molar-refractivity contribution in [3.63, 3.8) is 0 Å². The second-order valence-electron chi connectivity index (χ2n) is 5.73. The van der Waals surface area contributed by atoms with Gasteiger partial charge < -0.3 is 10.1 Å². The summed E-state index contributed by atoms with van der Waals surface area (Å²) in [5.74, 6) is 0.0641. The van der Waals surface area contributed by atoms with Crippen LogP contribution in [0.3, 0.4) is 0 Å². The smallest absolute Gasteiger partial charge is 0.273 e. The molecule has 2 aromatic rings. The molecule has 0 unspecified atom stereocenters. The second-order valence-corrected chi connectivity index (χ2v) is 7.64. The van der Waals surface area contributed by atoms with Crippen LogP contribution in [0, 0.1) is 15.0 Å². The van der Waals surface area contributed by atoms with Gasteiger partial charge in [-0.2, -0.15) is 4.31 Å². The Hall–Kier alpha value is -2.89. The molecule has 0 aliphatic carbocycles. The van der Waals surface area contributed by atoms with Gasteiger partial charge in [-0.3, -0.25) is 10.1 Å². The molecule has 1 heterocycles. The van der Waals surface area contributed by atoms with E-state index < -0.39 is 14.9 Å². The number of hydrogen-bond donors (Lipinski definition) is 1. The topological polar surface area (TPSA) is 131 Å². The van der Waals surface area contributed by atoms with Gasteiger partial charge in [0, 0.05) is 32.2 Å². The summed E-state index contributed by atoms with van der Waals surface area (Å²) in [5.41, 5.74) is -0.250. The van der Waals surface area contributed by atoms with Crippen LogP contribution in [0.1, 0.15) is 0 Å². The number of nitro groups is 1. The number of piperazine rings is 1. The number of nitrogens with one attached hydrogen (secondary N) is 1. The van der Waals surface area contributed by atoms with Crippen molar-refractivity contribution in [1.82, 2.24) is 9.62 Å². The van der Waals surface area contributed by atoms with Crippen LogP contribution in [0.4, 0.5) is 11.4 Å². The van der Waals surface area contributed by atoms with Crippen LogP contribution in [0.25, 0.3) is 0 Å². The highest BCUT2D eigenvalue weighted by Crippen LogP contribution is 2.35. The third-order valence-corrected chi connectivity index (χ3v) is 5.90. The molecular formula is C16H16N4O6S. The summed E-state index contributed by atoms with van der Waals surface area (Å²) in [4.78, 5) is 21.0. The SMILES string of the molecule is O=Nc1ccc(Oc2cccc([N+](=O)[O-])c2)c(S(=O)(=O)N2CCNCC2)c1. The summed E-state index contributed by atoms with van der Waals surface area (Å²) >= 11 is 0. The minimum absolute atomic E-state index is 0.0403. The maximum absolute atomic E-state index is 13.0. The fourth-order valence-corrected chi connectivity index (χ4v) is 4.23. The minimum Gasteiger partial charge on any atom is -0.456 e. The maximum atomic E-state index is 13.0. The van der Waals surface area contributed by atoms with Gasteiger partial charge in [-0.25, -0.2) is 8.42 Å². The van der Waals surface area contributed by atoms with Gasteiger partial charge in [-0.15, -0.1) is 4.91 Å². The van der Waals surface area contributed by atoms with E-state index >= 15 is 0 Å². The van der Waals surface area contributed by atoms with Gasteiger partial charge >= 0.3 is 0 Å². The highest BCUT2D eigenvalue weighted by molar-refractivity contribution is 7.89. The van der Waals surface area contributed by atoms with Gasteiger partial charge in [-0.1, -0.05) is 6.07 Å². The molecule has 1 fully saturated rings. The first-order valence-electron chi connectivity index (χ1n) is 8.02. The van der Waals surface area contributed by atoms with Crippen LogP contribution >= 0.6 is 0 Å². The molecule has 1 aliphatic rings. The van der Waals surface area contributed by atoms with E-state index in [1.165, 1.54) is 40.7 Å². The summed E-state index contributed by atoms with van der Waals surface area (Å²) in [6.07, 6.45) is 0. The summed E-state index contributed by atoms with van der Waals surface area (Å²) in [6.45, 7) is 1.56. The number of nitrogens with zero attached hydrogens (tertiary/aromatic N) is 3. The van der Waals surface area contributed by atoms with Crippen molar-refractivity contribution >= 4 is 21.4 Å². The van der Waals surface area contributed by atoms with E-state index in [9.17, 15) is 23.4 Å². The first-order valence-corrected chi connectivity index (χ1v) is 9.46. The average Bonchev–Trinajstić information content (AvgIpc) is 2.69. The Kier molecular flexibility index (Phi) is 5.44. The zero-order valence-corrected chi connectivity index (χ0v) is 14.9. The second kappa shape index (κ2) is 7.78. The Morgan fingerprint density at radius 2 is 1.89 bits per heavy atom. The van der Waals surface area contributed by atoms with Gasteiger partial charge in [-0.05, 0) is 29.4 Å². The molecule has 0 amide bonds. The Balaban J connectivity index is 2.02. The number of non-ortho nitro benzene ring substituents is 1. The van der Waals surface area contributed by atoms with E-state index in [0.29, 0.717) is 13.1 Å². The van der Waals surface area contributed by atoms with E-state index in [1.807, 2.05) is 0 Å². The average molecular weight is 392 g/mol. The maximum Gasteiger partial charge on any atom is 0.273 e. The third kappa shape index (κ3) is 4.10. The quantitative estimate of drug-likeness (QED) is 0.453. The fraction of sp³-hybridized carbons (Fsp3) is 0.250. The van der Waals surface area contributed by atoms with Crippen LogP contribution in [0.2, 0.25) is 0 Å². The van der Waals surface area contributed by atoms with E-state index in [0.717, 1.165) is 6.07 Å². The lowest BCUT2D eigenvalue weighted by atomic mass is 10.3. The molecule has 0 saturated carbocycles. The number of ether oxygens (including phenoxy) is 1. The molecule has 11 heteroatoms. The number of sulfonamides is 1. The predicted molar refractivity (Wildman–Crippen MR) is 96.7 cm³/mol. The zero-order valence-electron chi connectivity index (χ0n) is 14.1. The Bertz CT molecular complexity index is 973. The highest BCUT2D eigenvalue weighted by Gasteiger charge is 2.29. The Morgan fingerprint density at radius 3 is 2.56 bits per heavy atom. The molecule has 0 bridgehead atoms. The van der Waals surface area contributed by atoms with Crippen molar-refractivity contribution in [2.75, 3.05) is 26.2 Å². The van der Waals surface area contributed by atoms with E-state index in [2.05, 4.69) is 10.5 Å². The Morgan fingerprint density at radius 1 is 1.15 bits per heavy atom. The standard InChI is InChI=1S/C16H16N4O6S/c21-18-12-4-5-15(26-14-3-1-2-13(11-14)20(22)23)16(10-12)27(24,25)19-8-6-17-7-9-19/h1-5,10-11,17H,6-9H2. The summed E-state index contributed by atoms with van der Waals surface area (Å²) < 4.78 is 32.9. The minimum atomic E-state index is -3.94. The molecule has 142 valence electrons. The Labute approximate surface area is 154 Å². The van der Waals surface area contributed by atoms with Gasteiger partial charge in [0.1, 0.15) is 22.1 Å². The molecule has 0 radical (unpaired) electrons. The van der Waals surface area contributed by atoms with E-state index in [-0.39, 0.29) is 40.9 Å². The molecule has 0 spiro atoms. The van der Waals surface area contributed by atoms with Crippen LogP contribution in [0.5, 0.6) is 11.5 Å². The molecule has 10 nitrogen and oxygen atoms in total. The third-order valence-electron chi connectivity index (χ3n) is 3.98. The first kappa shape index (κ1) is 18.9. The largest absolute Gasteiger partial charge is 0.456 e. The summed E-state index contributed by atoms with van der Waals surface area (Å²) in [7, 11) is -3.94. The van der Waals surface area contributed by atoms with Crippen LogP contribution in [0.15, 0.2) is 52.5 Å². The lowest BCUT2D eigenvalue weighted by Gasteiger charge is -2.27. The molecule has 1 aliphatic heterocycles. The molecule has 0 atom stereocenters. The first-order chi connectivity index (χ1) is 12.9. The van der Waals surface area contributed by atoms with Crippen molar-refractivity contribution in [2.24, 2.45) is 5.18 Å². The van der Waals surface area contributed by atoms with E-state index in [4.69, 9.17) is 4.74 Å². The molecule has 27 heavy (non-hydrogen) atoms. The van der Waals surface area contributed by atoms with Crippen LogP contribution in [-0.2, 0) is 10.0 Å². The van der Waals surface area contributed by atoms with Crippen LogP contribution < -0.4 is 10.1 Å². The molecule has 0 aromatic heterocycles. The number of nitroso groups, excluding NO2 is 1. The van der Waals surface area contributed by atoms with Crippen molar-refractivity contribution < 1.29 is 18.1 Å². The van der Waals surface area contributed by atoms with E-state index in [1.54, 1.807) is 0 Å². The monoisotopic (exact) mass is 392 g/mol. The van der Waals surface area contributed by atoms with Crippen LogP contribution in [-0.4, -0.2) is 43.8 Å².